The van der Waals surface area contributed by atoms with Crippen LogP contribution in [0.2, 0.25) is 5.02 Å². The number of hydrogen-bond donors (Lipinski definition) is 2. The van der Waals surface area contributed by atoms with Crippen LogP contribution in [0.1, 0.15) is 37.7 Å². The average molecular weight is 528 g/mol. The van der Waals surface area contributed by atoms with Gasteiger partial charge in [-0.2, -0.15) is 4.31 Å². The fourth-order valence-electron chi connectivity index (χ4n) is 3.98. The number of nitrogens with one attached hydrogen (secondary N) is 1. The summed E-state index contributed by atoms with van der Waals surface area (Å²) >= 11 is 6.30. The number of benzene rings is 3. The van der Waals surface area contributed by atoms with Gasteiger partial charge < -0.3 is 11.1 Å². The molecule has 0 aromatic heterocycles. The normalized spacial score (nSPS) is 12.4. The van der Waals surface area contributed by atoms with E-state index in [2.05, 4.69) is 5.32 Å². The molecule has 0 fully saturated rings. The molecule has 3 aromatic carbocycles. The lowest BCUT2D eigenvalue weighted by atomic mass is 10.0. The summed E-state index contributed by atoms with van der Waals surface area (Å²) in [6.07, 6.45) is 2.62. The van der Waals surface area contributed by atoms with E-state index in [0.717, 1.165) is 36.0 Å². The van der Waals surface area contributed by atoms with Crippen LogP contribution in [0.3, 0.4) is 0 Å². The highest BCUT2D eigenvalue weighted by Gasteiger charge is 2.28. The Balaban J connectivity index is 1.80. The van der Waals surface area contributed by atoms with Crippen LogP contribution >= 0.6 is 11.6 Å². The summed E-state index contributed by atoms with van der Waals surface area (Å²) in [4.78, 5) is 12.8. The van der Waals surface area contributed by atoms with Crippen LogP contribution < -0.4 is 11.1 Å². The minimum Gasteiger partial charge on any atom is -0.355 e. The van der Waals surface area contributed by atoms with Crippen molar-refractivity contribution in [3.05, 3.63) is 89.4 Å². The van der Waals surface area contributed by atoms with Gasteiger partial charge in [0.05, 0.1) is 11.4 Å². The second-order valence-corrected chi connectivity index (χ2v) is 11.2. The van der Waals surface area contributed by atoms with Gasteiger partial charge in [0.2, 0.25) is 15.9 Å². The van der Waals surface area contributed by atoms with E-state index in [9.17, 15) is 13.2 Å². The number of rotatable bonds is 13. The zero-order valence-corrected chi connectivity index (χ0v) is 22.1. The number of carbonyl (C=O) groups excluding carboxylic acids is 1. The third kappa shape index (κ3) is 7.64. The number of unbranched alkanes of at least 4 members (excludes halogenated alkanes) is 2. The maximum absolute atomic E-state index is 13.7. The Hall–Kier alpha value is -2.71. The summed E-state index contributed by atoms with van der Waals surface area (Å²) in [5, 5.41) is 3.44. The minimum absolute atomic E-state index is 0.0965. The molecule has 36 heavy (non-hydrogen) atoms. The summed E-state index contributed by atoms with van der Waals surface area (Å²) in [7, 11) is -3.92. The van der Waals surface area contributed by atoms with Gasteiger partial charge in [-0.25, -0.2) is 8.42 Å². The molecule has 6 nitrogen and oxygen atoms in total. The maximum Gasteiger partial charge on any atom is 0.243 e. The third-order valence-corrected chi connectivity index (χ3v) is 8.20. The standard InChI is InChI=1S/C28H34ClN3O3S/c1-22(23-10-4-2-5-11-23)20-32(21-28(33)31-19-9-3-8-18-30)36(34,35)25-16-14-24(15-17-25)26-12-6-7-13-27(26)29/h2,4-7,10-17,22H,3,8-9,18-21,30H2,1H3,(H,31,33)/t22-/m0/s1. The lowest BCUT2D eigenvalue weighted by Gasteiger charge is -2.25. The molecule has 0 bridgehead atoms. The zero-order valence-electron chi connectivity index (χ0n) is 20.6. The molecule has 0 radical (unpaired) electrons. The summed E-state index contributed by atoms with van der Waals surface area (Å²) in [5.74, 6) is -0.417. The first-order valence-electron chi connectivity index (χ1n) is 12.2. The van der Waals surface area contributed by atoms with Crippen molar-refractivity contribution in [3.8, 4) is 11.1 Å². The molecule has 3 rings (SSSR count). The van der Waals surface area contributed by atoms with Crippen molar-refractivity contribution in [2.24, 2.45) is 5.73 Å². The highest BCUT2D eigenvalue weighted by atomic mass is 35.5. The van der Waals surface area contributed by atoms with E-state index in [-0.39, 0.29) is 29.8 Å². The number of sulfonamides is 1. The molecule has 0 aliphatic heterocycles. The van der Waals surface area contributed by atoms with E-state index in [1.807, 2.05) is 55.5 Å². The van der Waals surface area contributed by atoms with E-state index >= 15 is 0 Å². The second kappa shape index (κ2) is 13.6. The van der Waals surface area contributed by atoms with Gasteiger partial charge in [0.1, 0.15) is 0 Å². The Morgan fingerprint density at radius 1 is 0.944 bits per heavy atom. The molecule has 8 heteroatoms. The molecule has 0 aliphatic carbocycles. The van der Waals surface area contributed by atoms with Crippen molar-refractivity contribution >= 4 is 27.5 Å². The molecule has 192 valence electrons. The van der Waals surface area contributed by atoms with Crippen LogP contribution in [0.25, 0.3) is 11.1 Å². The maximum atomic E-state index is 13.7. The minimum atomic E-state index is -3.92. The molecule has 0 unspecified atom stereocenters. The fourth-order valence-corrected chi connectivity index (χ4v) is 5.71. The van der Waals surface area contributed by atoms with E-state index in [1.165, 1.54) is 4.31 Å². The van der Waals surface area contributed by atoms with Gasteiger partial charge in [-0.05, 0) is 54.6 Å². The number of carbonyl (C=O) groups is 1. The first kappa shape index (κ1) is 27.9. The van der Waals surface area contributed by atoms with Crippen LogP contribution in [-0.2, 0) is 14.8 Å². The van der Waals surface area contributed by atoms with Crippen molar-refractivity contribution in [1.82, 2.24) is 9.62 Å². The van der Waals surface area contributed by atoms with Gasteiger partial charge in [0, 0.05) is 23.7 Å². The van der Waals surface area contributed by atoms with Gasteiger partial charge in [-0.15, -0.1) is 0 Å². The Morgan fingerprint density at radius 2 is 1.61 bits per heavy atom. The molecule has 1 atom stereocenters. The lowest BCUT2D eigenvalue weighted by molar-refractivity contribution is -0.121. The zero-order chi connectivity index (χ0) is 26.0. The molecule has 1 amide bonds. The first-order valence-corrected chi connectivity index (χ1v) is 14.0. The Morgan fingerprint density at radius 3 is 2.28 bits per heavy atom. The van der Waals surface area contributed by atoms with Crippen molar-refractivity contribution in [2.45, 2.75) is 37.0 Å². The van der Waals surface area contributed by atoms with E-state index < -0.39 is 10.0 Å². The Labute approximate surface area is 219 Å². The summed E-state index contributed by atoms with van der Waals surface area (Å²) in [6, 6.07) is 23.7. The molecule has 3 N–H and O–H groups in total. The van der Waals surface area contributed by atoms with Crippen molar-refractivity contribution in [3.63, 3.8) is 0 Å². The topological polar surface area (TPSA) is 92.5 Å². The van der Waals surface area contributed by atoms with E-state index in [0.29, 0.717) is 18.1 Å². The van der Waals surface area contributed by atoms with Crippen molar-refractivity contribution in [2.75, 3.05) is 26.2 Å². The highest BCUT2D eigenvalue weighted by Crippen LogP contribution is 2.29. The second-order valence-electron chi connectivity index (χ2n) is 8.81. The summed E-state index contributed by atoms with van der Waals surface area (Å²) in [5.41, 5.74) is 8.17. The predicted molar refractivity (Wildman–Crippen MR) is 146 cm³/mol. The molecule has 0 saturated heterocycles. The molecule has 0 heterocycles. The number of hydrogen-bond acceptors (Lipinski definition) is 4. The molecule has 0 spiro atoms. The van der Waals surface area contributed by atoms with E-state index in [4.69, 9.17) is 17.3 Å². The third-order valence-electron chi connectivity index (χ3n) is 6.05. The monoisotopic (exact) mass is 527 g/mol. The largest absolute Gasteiger partial charge is 0.355 e. The smallest absolute Gasteiger partial charge is 0.243 e. The number of amides is 1. The molecular formula is C28H34ClN3O3S. The van der Waals surface area contributed by atoms with Gasteiger partial charge in [-0.1, -0.05) is 85.6 Å². The SMILES string of the molecule is C[C@@H](CN(CC(=O)NCCCCCN)S(=O)(=O)c1ccc(-c2ccccc2Cl)cc1)c1ccccc1. The highest BCUT2D eigenvalue weighted by molar-refractivity contribution is 7.89. The quantitative estimate of drug-likeness (QED) is 0.304. The van der Waals surface area contributed by atoms with Crippen molar-refractivity contribution in [1.29, 1.82) is 0 Å². The number of nitrogens with zero attached hydrogens (tertiary/aromatic N) is 1. The Kier molecular flexibility index (Phi) is 10.5. The molecule has 0 saturated carbocycles. The van der Waals surface area contributed by atoms with Gasteiger partial charge in [-0.3, -0.25) is 4.79 Å². The van der Waals surface area contributed by atoms with Crippen LogP contribution in [0.4, 0.5) is 0 Å². The van der Waals surface area contributed by atoms with Crippen LogP contribution in [0.5, 0.6) is 0 Å². The fraction of sp³-hybridized carbons (Fsp3) is 0.321. The molecule has 3 aromatic rings. The van der Waals surface area contributed by atoms with Gasteiger partial charge in [0.25, 0.3) is 0 Å². The van der Waals surface area contributed by atoms with Gasteiger partial charge >= 0.3 is 0 Å². The molecular weight excluding hydrogens is 494 g/mol. The number of nitrogens with two attached hydrogens (primary N) is 1. The predicted octanol–water partition coefficient (Wildman–Crippen LogP) is 5.05. The van der Waals surface area contributed by atoms with Crippen molar-refractivity contribution < 1.29 is 13.2 Å². The average Bonchev–Trinajstić information content (AvgIpc) is 2.89. The van der Waals surface area contributed by atoms with E-state index in [1.54, 1.807) is 30.3 Å². The summed E-state index contributed by atoms with van der Waals surface area (Å²) < 4.78 is 28.6. The number of halogens is 1. The van der Waals surface area contributed by atoms with Crippen LogP contribution in [-0.4, -0.2) is 44.8 Å². The first-order chi connectivity index (χ1) is 17.3. The van der Waals surface area contributed by atoms with Crippen LogP contribution in [0, 0.1) is 0 Å². The van der Waals surface area contributed by atoms with Gasteiger partial charge in [0.15, 0.2) is 0 Å². The Bertz CT molecular complexity index is 1220. The van der Waals surface area contributed by atoms with Crippen LogP contribution in [0.15, 0.2) is 83.8 Å². The lowest BCUT2D eigenvalue weighted by Crippen LogP contribution is -2.42. The molecule has 0 aliphatic rings. The summed E-state index contributed by atoms with van der Waals surface area (Å²) in [6.45, 7) is 3.01.